The number of hydrogen-bond donors (Lipinski definition) is 2. The van der Waals surface area contributed by atoms with E-state index in [1.54, 1.807) is 0 Å². The summed E-state index contributed by atoms with van der Waals surface area (Å²) in [6, 6.07) is 0. The van der Waals surface area contributed by atoms with Crippen molar-refractivity contribution in [1.82, 2.24) is 0 Å². The second kappa shape index (κ2) is 25.9. The fraction of sp³-hybridized carbons (Fsp3) is 1.00. The largest absolute Gasteiger partial charge is 0.395 e. The molecule has 0 rings (SSSR count). The van der Waals surface area contributed by atoms with Crippen molar-refractivity contribution < 1.29 is 10.2 Å². The zero-order valence-corrected chi connectivity index (χ0v) is 22.1. The van der Waals surface area contributed by atoms with Crippen LogP contribution in [0, 0.1) is 0 Å². The van der Waals surface area contributed by atoms with Crippen molar-refractivity contribution in [3.05, 3.63) is 0 Å². The molecule has 30 heavy (non-hydrogen) atoms. The maximum atomic E-state index is 9.65. The van der Waals surface area contributed by atoms with E-state index in [0.29, 0.717) is 23.7 Å². The molecule has 0 aromatic rings. The summed E-state index contributed by atoms with van der Waals surface area (Å²) in [5.41, 5.74) is 0. The molecular weight excluding hydrogens is 408 g/mol. The number of hydrogen-bond acceptors (Lipinski definition) is 4. The highest BCUT2D eigenvalue weighted by Gasteiger charge is 2.10. The molecule has 4 heteroatoms. The first-order chi connectivity index (χ1) is 14.8. The summed E-state index contributed by atoms with van der Waals surface area (Å²) in [6.07, 6.45) is 24.0. The molecule has 0 saturated carbocycles. The zero-order chi connectivity index (χ0) is 22.1. The van der Waals surface area contributed by atoms with Crippen molar-refractivity contribution in [2.45, 2.75) is 140 Å². The Hall–Kier alpha value is 0.620. The van der Waals surface area contributed by atoms with E-state index in [4.69, 9.17) is 0 Å². The first-order valence-corrected chi connectivity index (χ1v) is 15.3. The fourth-order valence-corrected chi connectivity index (χ4v) is 6.21. The van der Waals surface area contributed by atoms with Gasteiger partial charge in [-0.05, 0) is 12.8 Å². The third-order valence-electron chi connectivity index (χ3n) is 5.96. The zero-order valence-electron chi connectivity index (χ0n) is 20.4. The molecule has 0 aromatic heterocycles. The molecule has 0 fully saturated rings. The van der Waals surface area contributed by atoms with Crippen LogP contribution >= 0.6 is 23.5 Å². The molecule has 0 heterocycles. The molecule has 0 radical (unpaired) electrons. The van der Waals surface area contributed by atoms with E-state index < -0.39 is 0 Å². The van der Waals surface area contributed by atoms with Crippen LogP contribution in [0.25, 0.3) is 0 Å². The minimum Gasteiger partial charge on any atom is -0.395 e. The van der Waals surface area contributed by atoms with Gasteiger partial charge in [0.2, 0.25) is 0 Å². The summed E-state index contributed by atoms with van der Waals surface area (Å²) in [5, 5.41) is 20.1. The van der Waals surface area contributed by atoms with Crippen LogP contribution in [0.5, 0.6) is 0 Å². The summed E-state index contributed by atoms with van der Waals surface area (Å²) >= 11 is 3.88. The van der Waals surface area contributed by atoms with Crippen molar-refractivity contribution in [3.63, 3.8) is 0 Å². The number of thioether (sulfide) groups is 2. The summed E-state index contributed by atoms with van der Waals surface area (Å²) in [4.78, 5) is 0. The lowest BCUT2D eigenvalue weighted by Crippen LogP contribution is -2.12. The predicted molar refractivity (Wildman–Crippen MR) is 141 cm³/mol. The van der Waals surface area contributed by atoms with Gasteiger partial charge in [-0.3, -0.25) is 0 Å². The Morgan fingerprint density at radius 2 is 0.767 bits per heavy atom. The molecule has 0 saturated heterocycles. The topological polar surface area (TPSA) is 40.5 Å². The Labute approximate surface area is 198 Å². The monoisotopic (exact) mass is 462 g/mol. The van der Waals surface area contributed by atoms with Crippen LogP contribution in [-0.2, 0) is 0 Å². The summed E-state index contributed by atoms with van der Waals surface area (Å²) in [5.74, 6) is 2.20. The second-order valence-corrected chi connectivity index (χ2v) is 11.7. The SMILES string of the molecule is CCCCCCCCCCC(CO)SCCSC(CO)CCCCCCCCCC. The first kappa shape index (κ1) is 30.6. The lowest BCUT2D eigenvalue weighted by atomic mass is 10.1. The van der Waals surface area contributed by atoms with E-state index in [1.807, 2.05) is 23.5 Å². The number of aliphatic hydroxyl groups excluding tert-OH is 2. The molecule has 2 unspecified atom stereocenters. The molecule has 2 N–H and O–H groups in total. The molecule has 0 amide bonds. The summed E-state index contributed by atoms with van der Waals surface area (Å²) < 4.78 is 0. The highest BCUT2D eigenvalue weighted by atomic mass is 32.2. The van der Waals surface area contributed by atoms with Gasteiger partial charge < -0.3 is 10.2 Å². The van der Waals surface area contributed by atoms with E-state index in [-0.39, 0.29) is 0 Å². The van der Waals surface area contributed by atoms with Gasteiger partial charge in [-0.15, -0.1) is 0 Å². The Bertz CT molecular complexity index is 285. The van der Waals surface area contributed by atoms with Gasteiger partial charge in [0.1, 0.15) is 0 Å². The fourth-order valence-electron chi connectivity index (χ4n) is 3.90. The van der Waals surface area contributed by atoms with E-state index in [0.717, 1.165) is 24.3 Å². The quantitative estimate of drug-likeness (QED) is 0.134. The number of aliphatic hydroxyl groups is 2. The normalized spacial score (nSPS) is 13.6. The number of rotatable bonds is 25. The van der Waals surface area contributed by atoms with Crippen LogP contribution in [0.1, 0.15) is 129 Å². The van der Waals surface area contributed by atoms with Gasteiger partial charge in [0.25, 0.3) is 0 Å². The van der Waals surface area contributed by atoms with Gasteiger partial charge in [-0.2, -0.15) is 23.5 Å². The summed E-state index contributed by atoms with van der Waals surface area (Å²) in [6.45, 7) is 5.17. The molecule has 2 nitrogen and oxygen atoms in total. The Morgan fingerprint density at radius 1 is 0.467 bits per heavy atom. The standard InChI is InChI=1S/C26H54O2S2/c1-3-5-7-9-11-13-15-17-19-25(23-27)29-21-22-30-26(24-28)20-18-16-14-12-10-8-6-4-2/h25-28H,3-24H2,1-2H3. The van der Waals surface area contributed by atoms with E-state index >= 15 is 0 Å². The van der Waals surface area contributed by atoms with Gasteiger partial charge in [0, 0.05) is 22.0 Å². The number of unbranched alkanes of at least 4 members (excludes halogenated alkanes) is 14. The third-order valence-corrected chi connectivity index (χ3v) is 8.81. The van der Waals surface area contributed by atoms with Gasteiger partial charge in [0.05, 0.1) is 13.2 Å². The van der Waals surface area contributed by atoms with Gasteiger partial charge in [-0.1, -0.05) is 117 Å². The van der Waals surface area contributed by atoms with Crippen LogP contribution < -0.4 is 0 Å². The smallest absolute Gasteiger partial charge is 0.0550 e. The second-order valence-electron chi connectivity index (χ2n) is 8.88. The Morgan fingerprint density at radius 3 is 1.07 bits per heavy atom. The van der Waals surface area contributed by atoms with Crippen molar-refractivity contribution in [1.29, 1.82) is 0 Å². The third kappa shape index (κ3) is 21.8. The molecule has 0 spiro atoms. The van der Waals surface area contributed by atoms with Gasteiger partial charge >= 0.3 is 0 Å². The molecule has 182 valence electrons. The van der Waals surface area contributed by atoms with Crippen LogP contribution in [0.4, 0.5) is 0 Å². The van der Waals surface area contributed by atoms with Crippen molar-refractivity contribution in [2.75, 3.05) is 24.7 Å². The molecule has 0 aromatic carbocycles. The highest BCUT2D eigenvalue weighted by molar-refractivity contribution is 8.03. The van der Waals surface area contributed by atoms with E-state index in [2.05, 4.69) is 13.8 Å². The van der Waals surface area contributed by atoms with Crippen molar-refractivity contribution in [3.8, 4) is 0 Å². The van der Waals surface area contributed by atoms with E-state index in [1.165, 1.54) is 103 Å². The molecule has 0 bridgehead atoms. The average Bonchev–Trinajstić information content (AvgIpc) is 2.77. The van der Waals surface area contributed by atoms with Gasteiger partial charge in [0.15, 0.2) is 0 Å². The molecule has 0 aliphatic heterocycles. The maximum absolute atomic E-state index is 9.65. The molecular formula is C26H54O2S2. The summed E-state index contributed by atoms with van der Waals surface area (Å²) in [7, 11) is 0. The van der Waals surface area contributed by atoms with Gasteiger partial charge in [-0.25, -0.2) is 0 Å². The Kier molecular flexibility index (Phi) is 26.4. The Balaban J connectivity index is 3.56. The lowest BCUT2D eigenvalue weighted by Gasteiger charge is -2.16. The van der Waals surface area contributed by atoms with E-state index in [9.17, 15) is 10.2 Å². The minimum atomic E-state index is 0.313. The minimum absolute atomic E-state index is 0.313. The van der Waals surface area contributed by atoms with Crippen LogP contribution in [0.15, 0.2) is 0 Å². The molecule has 2 atom stereocenters. The first-order valence-electron chi connectivity index (χ1n) is 13.2. The maximum Gasteiger partial charge on any atom is 0.0550 e. The lowest BCUT2D eigenvalue weighted by molar-refractivity contribution is 0.287. The molecule has 0 aliphatic rings. The van der Waals surface area contributed by atoms with Crippen LogP contribution in [0.2, 0.25) is 0 Å². The van der Waals surface area contributed by atoms with Crippen molar-refractivity contribution >= 4 is 23.5 Å². The van der Waals surface area contributed by atoms with Crippen LogP contribution in [-0.4, -0.2) is 45.4 Å². The molecule has 0 aliphatic carbocycles. The van der Waals surface area contributed by atoms with Crippen LogP contribution in [0.3, 0.4) is 0 Å². The average molecular weight is 463 g/mol. The van der Waals surface area contributed by atoms with Crippen molar-refractivity contribution in [2.24, 2.45) is 0 Å². The predicted octanol–water partition coefficient (Wildman–Crippen LogP) is 8.24. The highest BCUT2D eigenvalue weighted by Crippen LogP contribution is 2.23.